The van der Waals surface area contributed by atoms with Crippen LogP contribution in [0.25, 0.3) is 0 Å². The van der Waals surface area contributed by atoms with Crippen LogP contribution in [0.1, 0.15) is 45.4 Å². The van der Waals surface area contributed by atoms with Gasteiger partial charge in [-0.2, -0.15) is 0 Å². The van der Waals surface area contributed by atoms with Gasteiger partial charge in [0.05, 0.1) is 6.10 Å². The minimum absolute atomic E-state index is 0. The molecule has 140 valence electrons. The van der Waals surface area contributed by atoms with E-state index in [0.717, 1.165) is 32.4 Å². The largest absolute Gasteiger partial charge is 0.487 e. The molecular weight excluding hydrogens is 343 g/mol. The summed E-state index contributed by atoms with van der Waals surface area (Å²) in [7, 11) is 0. The molecule has 2 N–H and O–H groups in total. The van der Waals surface area contributed by atoms with Gasteiger partial charge in [-0.3, -0.25) is 4.79 Å². The Labute approximate surface area is 155 Å². The summed E-state index contributed by atoms with van der Waals surface area (Å²) in [4.78, 5) is 12.2. The molecule has 1 aliphatic carbocycles. The maximum Gasteiger partial charge on any atom is 0.224 e. The zero-order valence-corrected chi connectivity index (χ0v) is 15.5. The van der Waals surface area contributed by atoms with E-state index in [2.05, 4.69) is 17.6 Å². The predicted octanol–water partition coefficient (Wildman–Crippen LogP) is 4.14. The Kier molecular flexibility index (Phi) is 7.51. The normalized spacial score (nSPS) is 21.6. The first-order valence-corrected chi connectivity index (χ1v) is 9.08. The minimum Gasteiger partial charge on any atom is -0.487 e. The van der Waals surface area contributed by atoms with Crippen molar-refractivity contribution in [2.75, 3.05) is 18.4 Å². The Morgan fingerprint density at radius 3 is 2.76 bits per heavy atom. The van der Waals surface area contributed by atoms with Crippen LogP contribution in [0.3, 0.4) is 0 Å². The lowest BCUT2D eigenvalue weighted by molar-refractivity contribution is -0.117. The minimum atomic E-state index is -0.413. The predicted molar refractivity (Wildman–Crippen MR) is 99.9 cm³/mol. The molecule has 2 aliphatic rings. The molecule has 1 amide bonds. The van der Waals surface area contributed by atoms with E-state index in [1.54, 1.807) is 12.1 Å². The molecular formula is C19H28ClFN2O2. The summed E-state index contributed by atoms with van der Waals surface area (Å²) >= 11 is 0. The highest BCUT2D eigenvalue weighted by Gasteiger charge is 2.23. The maximum atomic E-state index is 14.1. The molecule has 1 aliphatic heterocycles. The molecule has 4 nitrogen and oxygen atoms in total. The number of carbonyl (C=O) groups is 1. The summed E-state index contributed by atoms with van der Waals surface area (Å²) in [5, 5.41) is 6.19. The van der Waals surface area contributed by atoms with E-state index in [1.165, 1.54) is 18.9 Å². The van der Waals surface area contributed by atoms with Gasteiger partial charge >= 0.3 is 0 Å². The third-order valence-corrected chi connectivity index (χ3v) is 5.21. The fraction of sp³-hybridized carbons (Fsp3) is 0.632. The van der Waals surface area contributed by atoms with Gasteiger partial charge in [-0.1, -0.05) is 6.92 Å². The second kappa shape index (κ2) is 9.39. The topological polar surface area (TPSA) is 50.4 Å². The molecule has 6 heteroatoms. The number of amides is 1. The highest BCUT2D eigenvalue weighted by Crippen LogP contribution is 2.29. The van der Waals surface area contributed by atoms with Crippen molar-refractivity contribution in [1.82, 2.24) is 5.32 Å². The smallest absolute Gasteiger partial charge is 0.224 e. The number of nitrogens with one attached hydrogen (secondary N) is 2. The standard InChI is InChI=1S/C19H27FN2O2.ClH/c1-13(14-4-3-9-21-12-14)10-19(23)22-15-7-8-18(17(20)11-15)24-16-5-2-6-16;/h7-8,11,13-14,16,21H,2-6,9-10,12H2,1H3,(H,22,23);1H. The van der Waals surface area contributed by atoms with Gasteiger partial charge in [0.2, 0.25) is 5.91 Å². The first kappa shape index (κ1) is 20.0. The van der Waals surface area contributed by atoms with E-state index < -0.39 is 5.82 Å². The van der Waals surface area contributed by atoms with Crippen molar-refractivity contribution in [3.8, 4) is 5.75 Å². The van der Waals surface area contributed by atoms with Crippen LogP contribution in [-0.4, -0.2) is 25.1 Å². The van der Waals surface area contributed by atoms with Crippen LogP contribution in [0, 0.1) is 17.7 Å². The second-order valence-electron chi connectivity index (χ2n) is 7.15. The summed E-state index contributed by atoms with van der Waals surface area (Å²) in [6, 6.07) is 4.66. The lowest BCUT2D eigenvalue weighted by Gasteiger charge is -2.28. The van der Waals surface area contributed by atoms with Gasteiger partial charge in [-0.05, 0) is 69.2 Å². The number of rotatable bonds is 6. The molecule has 25 heavy (non-hydrogen) atoms. The van der Waals surface area contributed by atoms with Gasteiger partial charge < -0.3 is 15.4 Å². The number of anilines is 1. The van der Waals surface area contributed by atoms with E-state index in [-0.39, 0.29) is 30.2 Å². The molecule has 0 radical (unpaired) electrons. The first-order valence-electron chi connectivity index (χ1n) is 9.08. The summed E-state index contributed by atoms with van der Waals surface area (Å²) in [6.07, 6.45) is 6.08. The number of ether oxygens (including phenoxy) is 1. The van der Waals surface area contributed by atoms with Crippen LogP contribution in [0.2, 0.25) is 0 Å². The van der Waals surface area contributed by atoms with Gasteiger partial charge in [-0.25, -0.2) is 4.39 Å². The van der Waals surface area contributed by atoms with E-state index in [0.29, 0.717) is 23.9 Å². The van der Waals surface area contributed by atoms with Crippen LogP contribution in [0.4, 0.5) is 10.1 Å². The summed E-state index contributed by atoms with van der Waals surface area (Å²) in [6.45, 7) is 4.17. The number of hydrogen-bond donors (Lipinski definition) is 2. The monoisotopic (exact) mass is 370 g/mol. The highest BCUT2D eigenvalue weighted by atomic mass is 35.5. The van der Waals surface area contributed by atoms with Gasteiger partial charge in [0.25, 0.3) is 0 Å². The van der Waals surface area contributed by atoms with Crippen molar-refractivity contribution in [3.05, 3.63) is 24.0 Å². The Hall–Kier alpha value is -1.33. The maximum absolute atomic E-state index is 14.1. The zero-order valence-electron chi connectivity index (χ0n) is 14.7. The van der Waals surface area contributed by atoms with E-state index >= 15 is 0 Å². The molecule has 1 saturated heterocycles. The van der Waals surface area contributed by atoms with Crippen LogP contribution in [-0.2, 0) is 4.79 Å². The van der Waals surface area contributed by atoms with Crippen LogP contribution in [0.15, 0.2) is 18.2 Å². The fourth-order valence-corrected chi connectivity index (χ4v) is 3.38. The Balaban J connectivity index is 0.00000225. The van der Waals surface area contributed by atoms with Gasteiger partial charge in [-0.15, -0.1) is 12.4 Å². The fourth-order valence-electron chi connectivity index (χ4n) is 3.38. The van der Waals surface area contributed by atoms with Crippen molar-refractivity contribution < 1.29 is 13.9 Å². The van der Waals surface area contributed by atoms with Gasteiger partial charge in [0.15, 0.2) is 11.6 Å². The number of carbonyl (C=O) groups excluding carboxylic acids is 1. The van der Waals surface area contributed by atoms with Gasteiger partial charge in [0, 0.05) is 18.2 Å². The molecule has 3 rings (SSSR count). The number of hydrogen-bond acceptors (Lipinski definition) is 3. The second-order valence-corrected chi connectivity index (χ2v) is 7.15. The Morgan fingerprint density at radius 2 is 2.16 bits per heavy atom. The van der Waals surface area contributed by atoms with Crippen molar-refractivity contribution in [3.63, 3.8) is 0 Å². The highest BCUT2D eigenvalue weighted by molar-refractivity contribution is 5.90. The lowest BCUT2D eigenvalue weighted by Crippen LogP contribution is -2.34. The molecule has 2 fully saturated rings. The molecule has 2 atom stereocenters. The quantitative estimate of drug-likeness (QED) is 0.791. The molecule has 1 aromatic carbocycles. The van der Waals surface area contributed by atoms with Crippen LogP contribution < -0.4 is 15.4 Å². The average molecular weight is 371 g/mol. The number of piperidine rings is 1. The molecule has 0 bridgehead atoms. The molecule has 1 heterocycles. The number of benzene rings is 1. The van der Waals surface area contributed by atoms with E-state index in [4.69, 9.17) is 4.74 Å². The van der Waals surface area contributed by atoms with Crippen molar-refractivity contribution in [1.29, 1.82) is 0 Å². The Morgan fingerprint density at radius 1 is 1.36 bits per heavy atom. The third-order valence-electron chi connectivity index (χ3n) is 5.21. The lowest BCUT2D eigenvalue weighted by atomic mass is 9.85. The summed E-state index contributed by atoms with van der Waals surface area (Å²) < 4.78 is 19.7. The van der Waals surface area contributed by atoms with Crippen molar-refractivity contribution in [2.24, 2.45) is 11.8 Å². The number of halogens is 2. The summed E-state index contributed by atoms with van der Waals surface area (Å²) in [5.41, 5.74) is 0.493. The molecule has 1 aromatic rings. The molecule has 2 unspecified atom stereocenters. The third kappa shape index (κ3) is 5.58. The van der Waals surface area contributed by atoms with E-state index in [1.807, 2.05) is 0 Å². The molecule has 0 aromatic heterocycles. The van der Waals surface area contributed by atoms with E-state index in [9.17, 15) is 9.18 Å². The first-order chi connectivity index (χ1) is 11.6. The zero-order chi connectivity index (χ0) is 16.9. The van der Waals surface area contributed by atoms with Crippen molar-refractivity contribution >= 4 is 24.0 Å². The average Bonchev–Trinajstić information content (AvgIpc) is 2.53. The Bertz CT molecular complexity index is 575. The SMILES string of the molecule is CC(CC(=O)Nc1ccc(OC2CCC2)c(F)c1)C1CCCNC1.Cl. The van der Waals surface area contributed by atoms with Crippen LogP contribution >= 0.6 is 12.4 Å². The molecule has 0 spiro atoms. The van der Waals surface area contributed by atoms with Crippen LogP contribution in [0.5, 0.6) is 5.75 Å². The summed E-state index contributed by atoms with van der Waals surface area (Å²) in [5.74, 6) is 0.673. The van der Waals surface area contributed by atoms with Crippen molar-refractivity contribution in [2.45, 2.75) is 51.6 Å². The van der Waals surface area contributed by atoms with Gasteiger partial charge in [0.1, 0.15) is 0 Å². The molecule has 1 saturated carbocycles.